The molecule has 2 N–H and O–H groups in total. The Hall–Kier alpha value is -2.60. The zero-order valence-corrected chi connectivity index (χ0v) is 14.5. The Bertz CT molecular complexity index is 1130. The topological polar surface area (TPSA) is 102 Å². The molecule has 0 unspecified atom stereocenters. The van der Waals surface area contributed by atoms with Gasteiger partial charge in [-0.25, -0.2) is 18.2 Å². The van der Waals surface area contributed by atoms with Gasteiger partial charge < -0.3 is 0 Å². The van der Waals surface area contributed by atoms with Crippen LogP contribution in [-0.2, 0) is 15.8 Å². The van der Waals surface area contributed by atoms with Crippen LogP contribution in [0, 0.1) is 11.3 Å². The van der Waals surface area contributed by atoms with E-state index in [1.54, 1.807) is 28.6 Å². The van der Waals surface area contributed by atoms with E-state index in [9.17, 15) is 13.7 Å². The molecule has 0 aliphatic carbocycles. The Balaban J connectivity index is 1.93. The van der Waals surface area contributed by atoms with Crippen LogP contribution in [0.2, 0.25) is 0 Å². The van der Waals surface area contributed by atoms with E-state index in [0.717, 1.165) is 21.7 Å². The van der Waals surface area contributed by atoms with Crippen molar-refractivity contribution in [1.29, 1.82) is 5.26 Å². The van der Waals surface area contributed by atoms with Crippen molar-refractivity contribution < 1.29 is 8.42 Å². The standard InChI is InChI=1S/C17H12N4O2S2/c18-9-15-14-10-24-16-4-2-1-3-13(16)17(14)21(20-15)11-5-7-12(8-6-11)25(19,22)23/h1-8H,10H2,(H2,19,22,23). The van der Waals surface area contributed by atoms with Gasteiger partial charge in [0.15, 0.2) is 5.69 Å². The first kappa shape index (κ1) is 15.9. The molecule has 0 bridgehead atoms. The molecule has 2 heterocycles. The molecule has 0 amide bonds. The highest BCUT2D eigenvalue weighted by atomic mass is 32.2. The number of aromatic nitrogens is 2. The molecule has 3 aromatic rings. The van der Waals surface area contributed by atoms with Crippen LogP contribution in [0.25, 0.3) is 16.9 Å². The summed E-state index contributed by atoms with van der Waals surface area (Å²) in [6.45, 7) is 0. The number of benzene rings is 2. The Labute approximate surface area is 148 Å². The lowest BCUT2D eigenvalue weighted by Gasteiger charge is -2.17. The average Bonchev–Trinajstić information content (AvgIpc) is 3.00. The molecule has 0 fully saturated rings. The van der Waals surface area contributed by atoms with Crippen molar-refractivity contribution in [3.63, 3.8) is 0 Å². The third-order valence-electron chi connectivity index (χ3n) is 4.01. The van der Waals surface area contributed by atoms with Gasteiger partial charge in [0.1, 0.15) is 6.07 Å². The lowest BCUT2D eigenvalue weighted by Crippen LogP contribution is -2.12. The highest BCUT2D eigenvalue weighted by Gasteiger charge is 2.26. The number of hydrogen-bond acceptors (Lipinski definition) is 5. The number of sulfonamides is 1. The predicted molar refractivity (Wildman–Crippen MR) is 94.6 cm³/mol. The number of thioether (sulfide) groups is 1. The van der Waals surface area contributed by atoms with E-state index in [1.165, 1.54) is 12.1 Å². The van der Waals surface area contributed by atoms with Crippen molar-refractivity contribution >= 4 is 21.8 Å². The second kappa shape index (κ2) is 5.74. The molecule has 8 heteroatoms. The van der Waals surface area contributed by atoms with Gasteiger partial charge >= 0.3 is 0 Å². The van der Waals surface area contributed by atoms with Crippen LogP contribution >= 0.6 is 11.8 Å². The van der Waals surface area contributed by atoms with Gasteiger partial charge in [-0.2, -0.15) is 10.4 Å². The molecule has 6 nitrogen and oxygen atoms in total. The minimum atomic E-state index is -3.75. The maximum Gasteiger partial charge on any atom is 0.238 e. The summed E-state index contributed by atoms with van der Waals surface area (Å²) in [5.41, 5.74) is 3.83. The van der Waals surface area contributed by atoms with Crippen molar-refractivity contribution in [2.24, 2.45) is 5.14 Å². The highest BCUT2D eigenvalue weighted by Crippen LogP contribution is 2.43. The number of fused-ring (bicyclic) bond motifs is 3. The lowest BCUT2D eigenvalue weighted by molar-refractivity contribution is 0.598. The summed E-state index contributed by atoms with van der Waals surface area (Å²) in [6.07, 6.45) is 0. The first-order valence-electron chi connectivity index (χ1n) is 7.36. The Morgan fingerprint density at radius 3 is 2.56 bits per heavy atom. The molecule has 124 valence electrons. The molecule has 1 aliphatic rings. The van der Waals surface area contributed by atoms with Gasteiger partial charge in [0.25, 0.3) is 0 Å². The lowest BCUT2D eigenvalue weighted by atomic mass is 10.1. The molecule has 0 spiro atoms. The molecule has 0 saturated heterocycles. The Morgan fingerprint density at radius 2 is 1.88 bits per heavy atom. The van der Waals surface area contributed by atoms with Gasteiger partial charge in [-0.3, -0.25) is 0 Å². The first-order valence-corrected chi connectivity index (χ1v) is 9.89. The van der Waals surface area contributed by atoms with Crippen LogP contribution < -0.4 is 5.14 Å². The van der Waals surface area contributed by atoms with Crippen molar-refractivity contribution in [3.05, 3.63) is 59.8 Å². The molecule has 0 atom stereocenters. The first-order chi connectivity index (χ1) is 12.0. The summed E-state index contributed by atoms with van der Waals surface area (Å²) in [7, 11) is -3.75. The van der Waals surface area contributed by atoms with Crippen LogP contribution in [0.4, 0.5) is 0 Å². The van der Waals surface area contributed by atoms with Gasteiger partial charge in [-0.15, -0.1) is 11.8 Å². The Kier molecular flexibility index (Phi) is 3.65. The number of rotatable bonds is 2. The van der Waals surface area contributed by atoms with Crippen molar-refractivity contribution in [2.75, 3.05) is 0 Å². The maximum absolute atomic E-state index is 11.4. The van der Waals surface area contributed by atoms with E-state index >= 15 is 0 Å². The number of hydrogen-bond donors (Lipinski definition) is 1. The zero-order valence-electron chi connectivity index (χ0n) is 12.9. The minimum Gasteiger partial charge on any atom is -0.231 e. The number of nitrogens with zero attached hydrogens (tertiary/aromatic N) is 3. The number of primary sulfonamides is 1. The van der Waals surface area contributed by atoms with Gasteiger partial charge in [0.05, 0.1) is 16.3 Å². The number of nitrogens with two attached hydrogens (primary N) is 1. The Morgan fingerprint density at radius 1 is 1.16 bits per heavy atom. The molecule has 1 aromatic heterocycles. The smallest absolute Gasteiger partial charge is 0.231 e. The van der Waals surface area contributed by atoms with Gasteiger partial charge in [-0.1, -0.05) is 18.2 Å². The van der Waals surface area contributed by atoms with Crippen LogP contribution in [-0.4, -0.2) is 18.2 Å². The molecule has 2 aromatic carbocycles. The fourth-order valence-corrected chi connectivity index (χ4v) is 4.44. The summed E-state index contributed by atoms with van der Waals surface area (Å²) in [5, 5.41) is 19.0. The van der Waals surface area contributed by atoms with Gasteiger partial charge in [0, 0.05) is 21.8 Å². The molecular weight excluding hydrogens is 356 g/mol. The SMILES string of the molecule is N#Cc1nn(-c2ccc(S(N)(=O)=O)cc2)c2c1CSc1ccccc1-2. The van der Waals surface area contributed by atoms with Crippen LogP contribution in [0.1, 0.15) is 11.3 Å². The summed E-state index contributed by atoms with van der Waals surface area (Å²) in [6, 6.07) is 16.3. The van der Waals surface area contributed by atoms with Crippen molar-refractivity contribution in [2.45, 2.75) is 15.5 Å². The van der Waals surface area contributed by atoms with E-state index in [4.69, 9.17) is 5.14 Å². The summed E-state index contributed by atoms with van der Waals surface area (Å²) in [5.74, 6) is 0.671. The maximum atomic E-state index is 11.4. The van der Waals surface area contributed by atoms with E-state index in [1.807, 2.05) is 24.3 Å². The summed E-state index contributed by atoms with van der Waals surface area (Å²) < 4.78 is 24.6. The fraction of sp³-hybridized carbons (Fsp3) is 0.0588. The summed E-state index contributed by atoms with van der Waals surface area (Å²) in [4.78, 5) is 1.16. The normalized spacial score (nSPS) is 13.0. The predicted octanol–water partition coefficient (Wildman–Crippen LogP) is 2.66. The van der Waals surface area contributed by atoms with Crippen molar-refractivity contribution in [3.8, 4) is 23.0 Å². The summed E-state index contributed by atoms with van der Waals surface area (Å²) >= 11 is 1.67. The van der Waals surface area contributed by atoms with E-state index in [-0.39, 0.29) is 4.90 Å². The van der Waals surface area contributed by atoms with E-state index in [0.29, 0.717) is 17.1 Å². The zero-order chi connectivity index (χ0) is 17.6. The molecular formula is C17H12N4O2S2. The monoisotopic (exact) mass is 368 g/mol. The molecule has 0 saturated carbocycles. The molecule has 4 rings (SSSR count). The number of nitriles is 1. The third-order valence-corrected chi connectivity index (χ3v) is 6.04. The van der Waals surface area contributed by atoms with E-state index in [2.05, 4.69) is 11.2 Å². The van der Waals surface area contributed by atoms with Gasteiger partial charge in [0.2, 0.25) is 10.0 Å². The fourth-order valence-electron chi connectivity index (χ4n) is 2.86. The minimum absolute atomic E-state index is 0.0359. The second-order valence-electron chi connectivity index (χ2n) is 5.52. The second-order valence-corrected chi connectivity index (χ2v) is 8.10. The molecule has 25 heavy (non-hydrogen) atoms. The largest absolute Gasteiger partial charge is 0.238 e. The van der Waals surface area contributed by atoms with E-state index < -0.39 is 10.0 Å². The van der Waals surface area contributed by atoms with Crippen molar-refractivity contribution in [1.82, 2.24) is 9.78 Å². The molecule has 0 radical (unpaired) electrons. The van der Waals surface area contributed by atoms with Crippen LogP contribution in [0.15, 0.2) is 58.3 Å². The van der Waals surface area contributed by atoms with Crippen LogP contribution in [0.5, 0.6) is 0 Å². The quantitative estimate of drug-likeness (QED) is 0.749. The van der Waals surface area contributed by atoms with Gasteiger partial charge in [-0.05, 0) is 30.3 Å². The highest BCUT2D eigenvalue weighted by molar-refractivity contribution is 7.98. The molecule has 1 aliphatic heterocycles. The average molecular weight is 368 g/mol. The van der Waals surface area contributed by atoms with Crippen LogP contribution in [0.3, 0.4) is 0 Å². The third kappa shape index (κ3) is 2.62.